The molecule has 0 heterocycles. The zero-order valence-corrected chi connectivity index (χ0v) is 16.4. The molecule has 0 bridgehead atoms. The Morgan fingerprint density at radius 1 is 1.08 bits per heavy atom. The van der Waals surface area contributed by atoms with Gasteiger partial charge in [-0.05, 0) is 24.7 Å². The van der Waals surface area contributed by atoms with E-state index in [9.17, 15) is 19.5 Å². The van der Waals surface area contributed by atoms with Gasteiger partial charge in [-0.1, -0.05) is 41.5 Å². The topological polar surface area (TPSA) is 109 Å². The molecule has 0 radical (unpaired) electrons. The van der Waals surface area contributed by atoms with Crippen molar-refractivity contribution in [3.8, 4) is 0 Å². The van der Waals surface area contributed by atoms with Gasteiger partial charge >= 0.3 is 24.8 Å². The molecule has 4 N–H and O–H groups in total. The summed E-state index contributed by atoms with van der Waals surface area (Å²) >= 11 is 0. The van der Waals surface area contributed by atoms with Gasteiger partial charge in [0.2, 0.25) is 5.91 Å². The normalized spacial score (nSPS) is 16.3. The summed E-state index contributed by atoms with van der Waals surface area (Å²) in [5, 5.41) is 12.2. The van der Waals surface area contributed by atoms with Crippen LogP contribution in [0.3, 0.4) is 0 Å². The first kappa shape index (κ1) is 25.4. The molecular formula is C17H33LiN2O4. The van der Waals surface area contributed by atoms with Gasteiger partial charge in [-0.2, -0.15) is 0 Å². The smallest absolute Gasteiger partial charge is 1.00 e. The summed E-state index contributed by atoms with van der Waals surface area (Å²) in [6, 6.07) is 0. The van der Waals surface area contributed by atoms with Gasteiger partial charge in [-0.3, -0.25) is 14.4 Å². The summed E-state index contributed by atoms with van der Waals surface area (Å²) in [5.41, 5.74) is 3.18. The van der Waals surface area contributed by atoms with Gasteiger partial charge in [0.1, 0.15) is 5.54 Å². The van der Waals surface area contributed by atoms with Crippen molar-refractivity contribution >= 4 is 17.7 Å². The number of carbonyl (C=O) groups excluding carboxylic acids is 2. The van der Waals surface area contributed by atoms with E-state index in [1.54, 1.807) is 20.8 Å². The largest absolute Gasteiger partial charge is 1.00 e. The van der Waals surface area contributed by atoms with E-state index >= 15 is 0 Å². The van der Waals surface area contributed by atoms with E-state index in [1.807, 2.05) is 27.7 Å². The SMILES string of the molecule is CC(C)CC(=O)NC(C)(C(=O)CC(N)(C(=O)O)C(C)C)C(C)C.[H-].[Li+]. The van der Waals surface area contributed by atoms with Gasteiger partial charge in [0.15, 0.2) is 5.78 Å². The number of amides is 1. The van der Waals surface area contributed by atoms with E-state index in [-0.39, 0.29) is 50.2 Å². The van der Waals surface area contributed by atoms with Gasteiger partial charge < -0.3 is 17.6 Å². The molecule has 0 aromatic rings. The van der Waals surface area contributed by atoms with Crippen LogP contribution >= 0.6 is 0 Å². The van der Waals surface area contributed by atoms with Crippen LogP contribution in [0.1, 0.15) is 62.7 Å². The van der Waals surface area contributed by atoms with E-state index < -0.39 is 23.0 Å². The summed E-state index contributed by atoms with van der Waals surface area (Å²) in [6.07, 6.45) is -0.0108. The molecule has 0 saturated carbocycles. The second kappa shape index (κ2) is 9.60. The predicted octanol–water partition coefficient (Wildman–Crippen LogP) is -0.923. The Morgan fingerprint density at radius 3 is 1.83 bits per heavy atom. The molecule has 0 fully saturated rings. The molecule has 0 aliphatic heterocycles. The minimum Gasteiger partial charge on any atom is -1.00 e. The van der Waals surface area contributed by atoms with Crippen LogP contribution in [0.2, 0.25) is 0 Å². The molecule has 7 heteroatoms. The average molecular weight is 336 g/mol. The van der Waals surface area contributed by atoms with E-state index in [0.29, 0.717) is 6.42 Å². The zero-order valence-electron chi connectivity index (χ0n) is 17.4. The molecule has 24 heavy (non-hydrogen) atoms. The van der Waals surface area contributed by atoms with Crippen LogP contribution in [-0.4, -0.2) is 33.8 Å². The van der Waals surface area contributed by atoms with Crippen molar-refractivity contribution in [3.63, 3.8) is 0 Å². The van der Waals surface area contributed by atoms with Crippen molar-refractivity contribution < 1.29 is 39.8 Å². The molecule has 0 aliphatic rings. The molecule has 6 nitrogen and oxygen atoms in total. The number of carboxylic acids is 1. The van der Waals surface area contributed by atoms with Crippen LogP contribution in [0.15, 0.2) is 0 Å². The van der Waals surface area contributed by atoms with Crippen LogP contribution in [0, 0.1) is 17.8 Å². The third kappa shape index (κ3) is 6.23. The number of carbonyl (C=O) groups is 3. The molecule has 0 spiro atoms. The Bertz CT molecular complexity index is 472. The molecule has 2 unspecified atom stereocenters. The van der Waals surface area contributed by atoms with Crippen LogP contribution in [0.4, 0.5) is 0 Å². The molecule has 0 saturated heterocycles. The zero-order chi connectivity index (χ0) is 18.6. The van der Waals surface area contributed by atoms with Crippen molar-refractivity contribution in [2.45, 2.75) is 72.4 Å². The second-order valence-corrected chi connectivity index (χ2v) is 7.60. The standard InChI is InChI=1S/C17H32N2O4.Li.H/c1-10(2)8-14(21)19-16(7,11(3)4)13(20)9-17(18,12(5)6)15(22)23;;/h10-12H,8-9,18H2,1-7H3,(H,19,21)(H,22,23);;/q;+1;-1. The third-order valence-corrected chi connectivity index (χ3v) is 4.61. The number of ketones is 1. The summed E-state index contributed by atoms with van der Waals surface area (Å²) < 4.78 is 0. The first-order chi connectivity index (χ1) is 10.3. The maximum atomic E-state index is 12.8. The summed E-state index contributed by atoms with van der Waals surface area (Å²) in [4.78, 5) is 36.4. The molecule has 0 rings (SSSR count). The number of nitrogens with two attached hydrogens (primary N) is 1. The Hall–Kier alpha value is -0.833. The molecule has 136 valence electrons. The van der Waals surface area contributed by atoms with E-state index in [1.165, 1.54) is 0 Å². The number of rotatable bonds is 9. The number of nitrogens with one attached hydrogen (secondary N) is 1. The fraction of sp³-hybridized carbons (Fsp3) is 0.824. The minimum absolute atomic E-state index is 0. The minimum atomic E-state index is -1.64. The van der Waals surface area contributed by atoms with Crippen LogP contribution in [0.5, 0.6) is 0 Å². The summed E-state index contributed by atoms with van der Waals surface area (Å²) in [5.74, 6) is -2.21. The van der Waals surface area contributed by atoms with E-state index in [2.05, 4.69) is 5.32 Å². The van der Waals surface area contributed by atoms with Gasteiger partial charge in [0, 0.05) is 12.8 Å². The Morgan fingerprint density at radius 2 is 1.54 bits per heavy atom. The van der Waals surface area contributed by atoms with Crippen LogP contribution in [0.25, 0.3) is 0 Å². The van der Waals surface area contributed by atoms with Crippen molar-refractivity contribution in [1.82, 2.24) is 5.32 Å². The molecule has 0 aromatic heterocycles. The monoisotopic (exact) mass is 336 g/mol. The molecule has 1 amide bonds. The van der Waals surface area contributed by atoms with Crippen molar-refractivity contribution in [1.29, 1.82) is 0 Å². The van der Waals surface area contributed by atoms with Crippen molar-refractivity contribution in [2.24, 2.45) is 23.5 Å². The Kier molecular flexibility index (Phi) is 10.2. The van der Waals surface area contributed by atoms with Gasteiger partial charge in [-0.15, -0.1) is 0 Å². The summed E-state index contributed by atoms with van der Waals surface area (Å²) in [7, 11) is 0. The maximum absolute atomic E-state index is 12.8. The average Bonchev–Trinajstić information content (AvgIpc) is 2.36. The second-order valence-electron chi connectivity index (χ2n) is 7.60. The number of hydrogen-bond acceptors (Lipinski definition) is 4. The van der Waals surface area contributed by atoms with Gasteiger partial charge in [0.05, 0.1) is 5.54 Å². The van der Waals surface area contributed by atoms with E-state index in [0.717, 1.165) is 0 Å². The molecule has 0 aliphatic carbocycles. The Balaban J connectivity index is -0.00000242. The van der Waals surface area contributed by atoms with Crippen molar-refractivity contribution in [2.75, 3.05) is 0 Å². The Labute approximate surface area is 159 Å². The molecule has 0 aromatic carbocycles. The molecule has 2 atom stereocenters. The summed E-state index contributed by atoms with van der Waals surface area (Å²) in [6.45, 7) is 12.5. The van der Waals surface area contributed by atoms with Crippen LogP contribution in [-0.2, 0) is 14.4 Å². The number of Topliss-reactive ketones (excluding diaryl/α,β-unsaturated/α-hetero) is 1. The molecular weight excluding hydrogens is 303 g/mol. The van der Waals surface area contributed by atoms with Gasteiger partial charge in [0.25, 0.3) is 0 Å². The van der Waals surface area contributed by atoms with Crippen LogP contribution < -0.4 is 29.9 Å². The predicted molar refractivity (Wildman–Crippen MR) is 91.0 cm³/mol. The number of carboxylic acid groups (broad SMARTS) is 1. The van der Waals surface area contributed by atoms with E-state index in [4.69, 9.17) is 5.73 Å². The first-order valence-electron chi connectivity index (χ1n) is 8.14. The quantitative estimate of drug-likeness (QED) is 0.472. The number of hydrogen-bond donors (Lipinski definition) is 3. The number of aliphatic carboxylic acids is 1. The first-order valence-corrected chi connectivity index (χ1v) is 8.14. The fourth-order valence-corrected chi connectivity index (χ4v) is 2.22. The fourth-order valence-electron chi connectivity index (χ4n) is 2.22. The van der Waals surface area contributed by atoms with Gasteiger partial charge in [-0.25, -0.2) is 0 Å². The maximum Gasteiger partial charge on any atom is 1.00 e. The third-order valence-electron chi connectivity index (χ3n) is 4.61. The van der Waals surface area contributed by atoms with Crippen molar-refractivity contribution in [3.05, 3.63) is 0 Å².